The lowest BCUT2D eigenvalue weighted by Gasteiger charge is -2.27. The van der Waals surface area contributed by atoms with Crippen molar-refractivity contribution in [3.05, 3.63) is 65.4 Å². The molecule has 8 heteroatoms. The molecule has 0 saturated carbocycles. The Labute approximate surface area is 167 Å². The number of hydrogen-bond donors (Lipinski definition) is 3. The average Bonchev–Trinajstić information content (AvgIpc) is 3.11. The first-order chi connectivity index (χ1) is 14.0. The second-order valence-electron chi connectivity index (χ2n) is 6.69. The molecule has 0 radical (unpaired) electrons. The summed E-state index contributed by atoms with van der Waals surface area (Å²) in [6.45, 7) is 4.29. The van der Waals surface area contributed by atoms with Crippen LogP contribution in [-0.4, -0.2) is 32.4 Å². The maximum Gasteiger partial charge on any atom is 0.248 e. The van der Waals surface area contributed by atoms with Crippen molar-refractivity contribution in [2.75, 3.05) is 11.9 Å². The van der Waals surface area contributed by atoms with Gasteiger partial charge in [0.2, 0.25) is 11.9 Å². The minimum atomic E-state index is -0.597. The Morgan fingerprint density at radius 3 is 2.69 bits per heavy atom. The van der Waals surface area contributed by atoms with Crippen LogP contribution in [0.3, 0.4) is 0 Å². The number of anilines is 1. The molecular weight excluding hydrogens is 370 g/mol. The van der Waals surface area contributed by atoms with Crippen LogP contribution in [0.1, 0.15) is 25.5 Å². The number of hydrogen-bond acceptors (Lipinski definition) is 6. The SMILES string of the molecule is CCOc1ccc(-c2nc3n(n2)C(c2cccc(O)c2)C(C(N)=O)=C(C)N3)cc1. The molecular formula is C21H21N5O3. The maximum atomic E-state index is 12.2. The van der Waals surface area contributed by atoms with Gasteiger partial charge in [-0.15, -0.1) is 5.10 Å². The second kappa shape index (κ2) is 7.31. The molecule has 4 N–H and O–H groups in total. The van der Waals surface area contributed by atoms with Crippen molar-refractivity contribution < 1.29 is 14.6 Å². The van der Waals surface area contributed by atoms with Gasteiger partial charge in [-0.2, -0.15) is 4.98 Å². The number of benzene rings is 2. The van der Waals surface area contributed by atoms with E-state index >= 15 is 0 Å². The predicted octanol–water partition coefficient (Wildman–Crippen LogP) is 2.82. The molecule has 29 heavy (non-hydrogen) atoms. The van der Waals surface area contributed by atoms with E-state index in [4.69, 9.17) is 10.5 Å². The number of rotatable bonds is 5. The zero-order chi connectivity index (χ0) is 20.5. The van der Waals surface area contributed by atoms with E-state index in [0.29, 0.717) is 35.2 Å². The van der Waals surface area contributed by atoms with Crippen molar-refractivity contribution in [1.82, 2.24) is 14.8 Å². The number of nitrogens with two attached hydrogens (primary N) is 1. The number of aromatic hydroxyl groups is 1. The summed E-state index contributed by atoms with van der Waals surface area (Å²) in [5.74, 6) is 1.29. The number of allylic oxidation sites excluding steroid dienone is 1. The third kappa shape index (κ3) is 3.40. The summed E-state index contributed by atoms with van der Waals surface area (Å²) < 4.78 is 7.10. The number of primary amides is 1. The van der Waals surface area contributed by atoms with Gasteiger partial charge in [-0.05, 0) is 55.8 Å². The number of carbonyl (C=O) groups is 1. The van der Waals surface area contributed by atoms with Gasteiger partial charge in [-0.1, -0.05) is 12.1 Å². The number of nitrogens with one attached hydrogen (secondary N) is 1. The van der Waals surface area contributed by atoms with Crippen molar-refractivity contribution in [2.45, 2.75) is 19.9 Å². The molecule has 0 bridgehead atoms. The van der Waals surface area contributed by atoms with Crippen LogP contribution in [0.2, 0.25) is 0 Å². The third-order valence-corrected chi connectivity index (χ3v) is 4.73. The molecule has 2 aromatic carbocycles. The standard InChI is InChI=1S/C21H21N5O3/c1-3-29-16-9-7-13(8-10-16)20-24-21-23-12(2)17(19(22)28)18(26(21)25-20)14-5-4-6-15(27)11-14/h4-11,18,27H,3H2,1-2H3,(H2,22,28)(H,23,24,25). The lowest BCUT2D eigenvalue weighted by Crippen LogP contribution is -2.31. The highest BCUT2D eigenvalue weighted by Gasteiger charge is 2.33. The van der Waals surface area contributed by atoms with Crippen LogP contribution in [0.4, 0.5) is 5.95 Å². The number of phenolic OH excluding ortho intramolecular Hbond substituents is 1. The Morgan fingerprint density at radius 2 is 2.03 bits per heavy atom. The van der Waals surface area contributed by atoms with Gasteiger partial charge in [-0.3, -0.25) is 4.79 Å². The number of aromatic nitrogens is 3. The minimum Gasteiger partial charge on any atom is -0.508 e. The van der Waals surface area contributed by atoms with Gasteiger partial charge in [0, 0.05) is 11.3 Å². The highest BCUT2D eigenvalue weighted by atomic mass is 16.5. The van der Waals surface area contributed by atoms with Crippen molar-refractivity contribution in [3.63, 3.8) is 0 Å². The van der Waals surface area contributed by atoms with Crippen LogP contribution in [0.15, 0.2) is 59.8 Å². The Morgan fingerprint density at radius 1 is 1.28 bits per heavy atom. The molecule has 8 nitrogen and oxygen atoms in total. The molecule has 1 aliphatic heterocycles. The van der Waals surface area contributed by atoms with Crippen LogP contribution in [0.25, 0.3) is 11.4 Å². The molecule has 2 heterocycles. The van der Waals surface area contributed by atoms with Crippen LogP contribution in [0.5, 0.6) is 11.5 Å². The number of amides is 1. The fourth-order valence-corrected chi connectivity index (χ4v) is 3.46. The highest BCUT2D eigenvalue weighted by Crippen LogP contribution is 2.37. The van der Waals surface area contributed by atoms with E-state index in [0.717, 1.165) is 11.3 Å². The molecule has 4 rings (SSSR count). The molecule has 1 aliphatic rings. The van der Waals surface area contributed by atoms with Gasteiger partial charge in [0.15, 0.2) is 5.82 Å². The van der Waals surface area contributed by atoms with Crippen molar-refractivity contribution in [2.24, 2.45) is 5.73 Å². The molecule has 1 aromatic heterocycles. The zero-order valence-electron chi connectivity index (χ0n) is 16.1. The van der Waals surface area contributed by atoms with Gasteiger partial charge in [-0.25, -0.2) is 4.68 Å². The predicted molar refractivity (Wildman–Crippen MR) is 108 cm³/mol. The van der Waals surface area contributed by atoms with Crippen LogP contribution < -0.4 is 15.8 Å². The lowest BCUT2D eigenvalue weighted by atomic mass is 9.95. The molecule has 0 saturated heterocycles. The number of phenols is 1. The molecule has 1 atom stereocenters. The molecule has 0 aliphatic carbocycles. The minimum absolute atomic E-state index is 0.0934. The first kappa shape index (κ1) is 18.5. The Hall–Kier alpha value is -3.81. The summed E-state index contributed by atoms with van der Waals surface area (Å²) in [4.78, 5) is 16.8. The van der Waals surface area contributed by atoms with E-state index in [2.05, 4.69) is 15.4 Å². The Kier molecular flexibility index (Phi) is 4.67. The van der Waals surface area contributed by atoms with E-state index in [1.807, 2.05) is 37.3 Å². The van der Waals surface area contributed by atoms with E-state index < -0.39 is 11.9 Å². The van der Waals surface area contributed by atoms with Crippen LogP contribution >= 0.6 is 0 Å². The average molecular weight is 391 g/mol. The Balaban J connectivity index is 1.81. The normalized spacial score (nSPS) is 15.6. The van der Waals surface area contributed by atoms with Gasteiger partial charge in [0.25, 0.3) is 0 Å². The first-order valence-electron chi connectivity index (χ1n) is 9.24. The highest BCUT2D eigenvalue weighted by molar-refractivity contribution is 5.95. The largest absolute Gasteiger partial charge is 0.508 e. The number of carbonyl (C=O) groups excluding carboxylic acids is 1. The molecule has 0 spiro atoms. The first-order valence-corrected chi connectivity index (χ1v) is 9.24. The van der Waals surface area contributed by atoms with E-state index in [9.17, 15) is 9.90 Å². The van der Waals surface area contributed by atoms with Crippen molar-refractivity contribution >= 4 is 11.9 Å². The summed E-state index contributed by atoms with van der Waals surface area (Å²) >= 11 is 0. The van der Waals surface area contributed by atoms with Gasteiger partial charge >= 0.3 is 0 Å². The Bertz CT molecular complexity index is 1100. The van der Waals surface area contributed by atoms with Gasteiger partial charge in [0.1, 0.15) is 17.5 Å². The maximum absolute atomic E-state index is 12.2. The molecule has 3 aromatic rings. The van der Waals surface area contributed by atoms with E-state index in [1.165, 1.54) is 0 Å². The van der Waals surface area contributed by atoms with Crippen LogP contribution in [0, 0.1) is 0 Å². The van der Waals surface area contributed by atoms with Crippen LogP contribution in [-0.2, 0) is 4.79 Å². The van der Waals surface area contributed by atoms with E-state index in [-0.39, 0.29) is 5.75 Å². The van der Waals surface area contributed by atoms with Gasteiger partial charge in [0.05, 0.1) is 12.2 Å². The summed E-state index contributed by atoms with van der Waals surface area (Å²) in [6.07, 6.45) is 0. The molecule has 1 amide bonds. The van der Waals surface area contributed by atoms with Gasteiger partial charge < -0.3 is 20.9 Å². The molecule has 1 unspecified atom stereocenters. The summed E-state index contributed by atoms with van der Waals surface area (Å²) in [7, 11) is 0. The zero-order valence-corrected chi connectivity index (χ0v) is 16.1. The fourth-order valence-electron chi connectivity index (χ4n) is 3.46. The molecule has 148 valence electrons. The lowest BCUT2D eigenvalue weighted by molar-refractivity contribution is -0.115. The molecule has 0 fully saturated rings. The number of fused-ring (bicyclic) bond motifs is 1. The summed E-state index contributed by atoms with van der Waals surface area (Å²) in [5.41, 5.74) is 8.13. The quantitative estimate of drug-likeness (QED) is 0.616. The topological polar surface area (TPSA) is 115 Å². The summed E-state index contributed by atoms with van der Waals surface area (Å²) in [5, 5.41) is 17.7. The summed E-state index contributed by atoms with van der Waals surface area (Å²) in [6, 6.07) is 13.6. The smallest absolute Gasteiger partial charge is 0.248 e. The number of nitrogens with zero attached hydrogens (tertiary/aromatic N) is 3. The number of ether oxygens (including phenoxy) is 1. The van der Waals surface area contributed by atoms with E-state index in [1.54, 1.807) is 29.8 Å². The van der Waals surface area contributed by atoms with Crippen molar-refractivity contribution in [1.29, 1.82) is 0 Å². The van der Waals surface area contributed by atoms with Crippen molar-refractivity contribution in [3.8, 4) is 22.9 Å². The fraction of sp³-hybridized carbons (Fsp3) is 0.190. The second-order valence-corrected chi connectivity index (χ2v) is 6.69. The monoisotopic (exact) mass is 391 g/mol. The third-order valence-electron chi connectivity index (χ3n) is 4.73.